The van der Waals surface area contributed by atoms with Crippen LogP contribution in [0.1, 0.15) is 57.8 Å². The van der Waals surface area contributed by atoms with E-state index in [1.807, 2.05) is 0 Å². The van der Waals surface area contributed by atoms with E-state index in [0.717, 1.165) is 25.8 Å². The first-order valence-electron chi connectivity index (χ1n) is 6.39. The van der Waals surface area contributed by atoms with E-state index in [1.165, 1.54) is 38.5 Å². The quantitative estimate of drug-likeness (QED) is 0.535. The Labute approximate surface area is 98.7 Å². The molecular weight excluding hydrogens is 204 g/mol. The zero-order chi connectivity index (χ0) is 12.1. The molecule has 0 aromatic carbocycles. The molecule has 0 saturated heterocycles. The lowest BCUT2D eigenvalue weighted by atomic mass is 10.1. The van der Waals surface area contributed by atoms with E-state index in [-0.39, 0.29) is 0 Å². The van der Waals surface area contributed by atoms with Crippen molar-refractivity contribution in [3.05, 3.63) is 0 Å². The van der Waals surface area contributed by atoms with Crippen molar-refractivity contribution in [2.24, 2.45) is 11.5 Å². The molecule has 4 heteroatoms. The van der Waals surface area contributed by atoms with E-state index in [0.29, 0.717) is 6.61 Å². The number of rotatable bonds is 11. The van der Waals surface area contributed by atoms with Crippen molar-refractivity contribution in [3.63, 3.8) is 0 Å². The molecule has 16 heavy (non-hydrogen) atoms. The summed E-state index contributed by atoms with van der Waals surface area (Å²) in [6.45, 7) is 1.28. The topological polar surface area (TPSA) is 78.3 Å². The number of unbranched alkanes of at least 4 members (excludes halogenated alkanes) is 8. The Morgan fingerprint density at radius 1 is 0.812 bits per heavy atom. The average molecular weight is 230 g/mol. The summed E-state index contributed by atoms with van der Waals surface area (Å²) < 4.78 is 4.64. The third kappa shape index (κ3) is 13.2. The van der Waals surface area contributed by atoms with Crippen LogP contribution in [0, 0.1) is 0 Å². The molecule has 4 N–H and O–H groups in total. The zero-order valence-corrected chi connectivity index (χ0v) is 10.2. The van der Waals surface area contributed by atoms with Crippen molar-refractivity contribution in [1.29, 1.82) is 0 Å². The van der Waals surface area contributed by atoms with Crippen molar-refractivity contribution in [2.45, 2.75) is 57.8 Å². The van der Waals surface area contributed by atoms with Gasteiger partial charge in [-0.1, -0.05) is 44.9 Å². The molecule has 0 heterocycles. The molecule has 96 valence electrons. The lowest BCUT2D eigenvalue weighted by molar-refractivity contribution is 0.154. The molecule has 0 aliphatic carbocycles. The highest BCUT2D eigenvalue weighted by atomic mass is 16.5. The number of hydrogen-bond acceptors (Lipinski definition) is 3. The summed E-state index contributed by atoms with van der Waals surface area (Å²) in [6, 6.07) is 0. The van der Waals surface area contributed by atoms with Crippen LogP contribution in [0.5, 0.6) is 0 Å². The highest BCUT2D eigenvalue weighted by Crippen LogP contribution is 2.09. The van der Waals surface area contributed by atoms with Gasteiger partial charge in [-0.15, -0.1) is 0 Å². The minimum atomic E-state index is -0.667. The van der Waals surface area contributed by atoms with Gasteiger partial charge in [0.1, 0.15) is 0 Å². The van der Waals surface area contributed by atoms with Crippen molar-refractivity contribution in [2.75, 3.05) is 13.2 Å². The third-order valence-electron chi connectivity index (χ3n) is 2.59. The molecule has 4 nitrogen and oxygen atoms in total. The third-order valence-corrected chi connectivity index (χ3v) is 2.59. The second kappa shape index (κ2) is 12.3. The number of carbonyl (C=O) groups is 1. The Morgan fingerprint density at radius 2 is 1.25 bits per heavy atom. The van der Waals surface area contributed by atoms with Crippen molar-refractivity contribution >= 4 is 6.09 Å². The maximum atomic E-state index is 10.3. The first-order valence-corrected chi connectivity index (χ1v) is 6.39. The normalized spacial score (nSPS) is 10.3. The molecule has 0 atom stereocenters. The standard InChI is InChI=1S/C12H26N2O2/c13-10-8-6-4-2-1-3-5-7-9-11-16-12(14)15/h1-11,13H2,(H2,14,15). The Balaban J connectivity index is 2.90. The number of primary amides is 1. The molecule has 0 aliphatic rings. The summed E-state index contributed by atoms with van der Waals surface area (Å²) in [7, 11) is 0. The maximum absolute atomic E-state index is 10.3. The summed E-state index contributed by atoms with van der Waals surface area (Å²) in [4.78, 5) is 10.3. The largest absolute Gasteiger partial charge is 0.450 e. The average Bonchev–Trinajstić information content (AvgIpc) is 2.25. The van der Waals surface area contributed by atoms with Gasteiger partial charge in [-0.3, -0.25) is 0 Å². The smallest absolute Gasteiger partial charge is 0.404 e. The molecule has 0 saturated carbocycles. The van der Waals surface area contributed by atoms with Crippen LogP contribution < -0.4 is 11.5 Å². The van der Waals surface area contributed by atoms with Crippen LogP contribution in [0.25, 0.3) is 0 Å². The summed E-state index contributed by atoms with van der Waals surface area (Å²) in [6.07, 6.45) is 10.2. The molecule has 0 radical (unpaired) electrons. The minimum absolute atomic E-state index is 0.464. The van der Waals surface area contributed by atoms with E-state index in [9.17, 15) is 4.79 Å². The minimum Gasteiger partial charge on any atom is -0.450 e. The van der Waals surface area contributed by atoms with Gasteiger partial charge in [-0.05, 0) is 19.4 Å². The second-order valence-corrected chi connectivity index (χ2v) is 4.14. The zero-order valence-electron chi connectivity index (χ0n) is 10.2. The van der Waals surface area contributed by atoms with E-state index >= 15 is 0 Å². The SMILES string of the molecule is NCCCCCCCCCCCOC(N)=O. The Kier molecular flexibility index (Phi) is 11.7. The number of hydrogen-bond donors (Lipinski definition) is 2. The highest BCUT2D eigenvalue weighted by Gasteiger charge is 1.94. The van der Waals surface area contributed by atoms with E-state index in [4.69, 9.17) is 11.5 Å². The summed E-state index contributed by atoms with van der Waals surface area (Å²) in [5.41, 5.74) is 10.3. The maximum Gasteiger partial charge on any atom is 0.404 e. The van der Waals surface area contributed by atoms with Crippen LogP contribution in [0.4, 0.5) is 4.79 Å². The van der Waals surface area contributed by atoms with E-state index in [2.05, 4.69) is 4.74 Å². The Morgan fingerprint density at radius 3 is 1.69 bits per heavy atom. The van der Waals surface area contributed by atoms with Crippen LogP contribution in [0.2, 0.25) is 0 Å². The van der Waals surface area contributed by atoms with Gasteiger partial charge in [-0.25, -0.2) is 4.79 Å². The van der Waals surface area contributed by atoms with Gasteiger partial charge in [0, 0.05) is 0 Å². The van der Waals surface area contributed by atoms with Gasteiger partial charge in [-0.2, -0.15) is 0 Å². The number of nitrogens with two attached hydrogens (primary N) is 2. The van der Waals surface area contributed by atoms with Gasteiger partial charge >= 0.3 is 6.09 Å². The van der Waals surface area contributed by atoms with Crippen molar-refractivity contribution in [3.8, 4) is 0 Å². The van der Waals surface area contributed by atoms with E-state index in [1.54, 1.807) is 0 Å². The lowest BCUT2D eigenvalue weighted by Gasteiger charge is -2.02. The lowest BCUT2D eigenvalue weighted by Crippen LogP contribution is -2.13. The fourth-order valence-electron chi connectivity index (χ4n) is 1.66. The number of carbonyl (C=O) groups excluding carboxylic acids is 1. The second-order valence-electron chi connectivity index (χ2n) is 4.14. The summed E-state index contributed by atoms with van der Waals surface area (Å²) in [5.74, 6) is 0. The van der Waals surface area contributed by atoms with Crippen molar-refractivity contribution in [1.82, 2.24) is 0 Å². The van der Waals surface area contributed by atoms with Gasteiger partial charge in [0.15, 0.2) is 0 Å². The highest BCUT2D eigenvalue weighted by molar-refractivity contribution is 5.64. The molecule has 0 rings (SSSR count). The predicted octanol–water partition coefficient (Wildman–Crippen LogP) is 2.55. The Hall–Kier alpha value is -0.770. The Bertz CT molecular complexity index is 163. The van der Waals surface area contributed by atoms with Gasteiger partial charge in [0.05, 0.1) is 6.61 Å². The van der Waals surface area contributed by atoms with Gasteiger partial charge in [0.25, 0.3) is 0 Å². The first-order chi connectivity index (χ1) is 7.77. The van der Waals surface area contributed by atoms with Crippen LogP contribution in [-0.4, -0.2) is 19.2 Å². The van der Waals surface area contributed by atoms with Crippen LogP contribution in [0.3, 0.4) is 0 Å². The monoisotopic (exact) mass is 230 g/mol. The number of amides is 1. The summed E-state index contributed by atoms with van der Waals surface area (Å²) >= 11 is 0. The van der Waals surface area contributed by atoms with Crippen LogP contribution in [-0.2, 0) is 4.74 Å². The van der Waals surface area contributed by atoms with Gasteiger partial charge < -0.3 is 16.2 Å². The fourth-order valence-corrected chi connectivity index (χ4v) is 1.66. The summed E-state index contributed by atoms with van der Waals surface area (Å²) in [5, 5.41) is 0. The molecule has 0 fully saturated rings. The number of ether oxygens (including phenoxy) is 1. The van der Waals surface area contributed by atoms with Gasteiger partial charge in [0.2, 0.25) is 0 Å². The molecule has 0 spiro atoms. The van der Waals surface area contributed by atoms with Crippen LogP contribution in [0.15, 0.2) is 0 Å². The first kappa shape index (κ1) is 15.2. The molecule has 0 aromatic heterocycles. The fraction of sp³-hybridized carbons (Fsp3) is 0.917. The van der Waals surface area contributed by atoms with Crippen LogP contribution >= 0.6 is 0 Å². The molecule has 0 unspecified atom stereocenters. The molecule has 0 bridgehead atoms. The van der Waals surface area contributed by atoms with Crippen molar-refractivity contribution < 1.29 is 9.53 Å². The molecule has 0 aromatic rings. The van der Waals surface area contributed by atoms with E-state index < -0.39 is 6.09 Å². The molecular formula is C12H26N2O2. The molecule has 0 aliphatic heterocycles. The predicted molar refractivity (Wildman–Crippen MR) is 66.1 cm³/mol. The molecule has 1 amide bonds.